The molecule has 1 aromatic heterocycles. The fourth-order valence-corrected chi connectivity index (χ4v) is 3.57. The van der Waals surface area contributed by atoms with E-state index in [1.165, 1.54) is 0 Å². The van der Waals surface area contributed by atoms with Crippen molar-refractivity contribution in [2.45, 2.75) is 12.5 Å². The van der Waals surface area contributed by atoms with Crippen LogP contribution in [0.3, 0.4) is 0 Å². The van der Waals surface area contributed by atoms with Gasteiger partial charge in [0.2, 0.25) is 5.91 Å². The number of hydrogen-bond donors (Lipinski definition) is 1. The maximum absolute atomic E-state index is 12.3. The van der Waals surface area contributed by atoms with Gasteiger partial charge >= 0.3 is 0 Å². The fourth-order valence-electron chi connectivity index (χ4n) is 3.37. The van der Waals surface area contributed by atoms with E-state index in [9.17, 15) is 4.79 Å². The minimum Gasteiger partial charge on any atom is -0.326 e. The third kappa shape index (κ3) is 4.73. The predicted octanol–water partition coefficient (Wildman–Crippen LogP) is 5.36. The summed E-state index contributed by atoms with van der Waals surface area (Å²) in [5, 5.41) is 3.65. The summed E-state index contributed by atoms with van der Waals surface area (Å²) in [6.07, 6.45) is 5.83. The zero-order valence-corrected chi connectivity index (χ0v) is 16.5. The number of rotatable bonds is 6. The Balaban J connectivity index is 1.54. The lowest BCUT2D eigenvalue weighted by molar-refractivity contribution is -0.115. The van der Waals surface area contributed by atoms with Crippen molar-refractivity contribution in [3.05, 3.63) is 119 Å². The Hall–Kier alpha value is -3.37. The van der Waals surface area contributed by atoms with Crippen LogP contribution in [0.5, 0.6) is 0 Å². The topological polar surface area (TPSA) is 46.9 Å². The highest BCUT2D eigenvalue weighted by Crippen LogP contribution is 2.29. The molecule has 0 saturated heterocycles. The quantitative estimate of drug-likeness (QED) is 0.473. The Labute approximate surface area is 174 Å². The molecule has 1 unspecified atom stereocenters. The first-order valence-corrected chi connectivity index (χ1v) is 9.73. The van der Waals surface area contributed by atoms with Crippen LogP contribution in [0.1, 0.15) is 22.7 Å². The van der Waals surface area contributed by atoms with E-state index in [0.29, 0.717) is 11.4 Å². The van der Waals surface area contributed by atoms with Crippen LogP contribution in [0.2, 0.25) is 5.02 Å². The number of halogens is 1. The van der Waals surface area contributed by atoms with E-state index >= 15 is 0 Å². The zero-order valence-electron chi connectivity index (χ0n) is 15.7. The van der Waals surface area contributed by atoms with Crippen molar-refractivity contribution in [3.8, 4) is 0 Å². The van der Waals surface area contributed by atoms with Crippen LogP contribution >= 0.6 is 11.6 Å². The summed E-state index contributed by atoms with van der Waals surface area (Å²) < 4.78 is 2.04. The second-order valence-corrected chi connectivity index (χ2v) is 7.24. The monoisotopic (exact) mass is 401 g/mol. The first-order valence-electron chi connectivity index (χ1n) is 9.36. The molecule has 0 aliphatic rings. The van der Waals surface area contributed by atoms with Gasteiger partial charge in [0.25, 0.3) is 0 Å². The molecule has 1 amide bonds. The Morgan fingerprint density at radius 1 is 0.966 bits per heavy atom. The van der Waals surface area contributed by atoms with Crippen LogP contribution in [0.4, 0.5) is 5.69 Å². The SMILES string of the molecule is O=C(Cc1ccccc1)Nc1ccc(C(c2cccc(Cl)c2)n2ccnc2)cc1. The third-order valence-corrected chi connectivity index (χ3v) is 4.94. The molecule has 144 valence electrons. The molecule has 4 rings (SSSR count). The number of hydrogen-bond acceptors (Lipinski definition) is 2. The van der Waals surface area contributed by atoms with Crippen molar-refractivity contribution in [3.63, 3.8) is 0 Å². The molecule has 4 nitrogen and oxygen atoms in total. The highest BCUT2D eigenvalue weighted by molar-refractivity contribution is 6.30. The van der Waals surface area contributed by atoms with Gasteiger partial charge < -0.3 is 9.88 Å². The highest BCUT2D eigenvalue weighted by Gasteiger charge is 2.16. The Morgan fingerprint density at radius 2 is 1.76 bits per heavy atom. The summed E-state index contributed by atoms with van der Waals surface area (Å²) in [5.41, 5.74) is 3.90. The van der Waals surface area contributed by atoms with Crippen molar-refractivity contribution >= 4 is 23.2 Å². The van der Waals surface area contributed by atoms with Gasteiger partial charge in [-0.1, -0.05) is 66.2 Å². The average molecular weight is 402 g/mol. The van der Waals surface area contributed by atoms with Crippen LogP contribution in [0, 0.1) is 0 Å². The Kier molecular flexibility index (Phi) is 5.73. The molecule has 0 spiro atoms. The van der Waals surface area contributed by atoms with E-state index < -0.39 is 0 Å². The normalized spacial score (nSPS) is 11.8. The van der Waals surface area contributed by atoms with Crippen LogP contribution in [-0.2, 0) is 11.2 Å². The first kappa shape index (κ1) is 19.0. The van der Waals surface area contributed by atoms with Gasteiger partial charge in [-0.05, 0) is 41.0 Å². The van der Waals surface area contributed by atoms with Crippen LogP contribution < -0.4 is 5.32 Å². The van der Waals surface area contributed by atoms with Gasteiger partial charge in [0.15, 0.2) is 0 Å². The Bertz CT molecular complexity index is 1080. The van der Waals surface area contributed by atoms with Gasteiger partial charge in [0, 0.05) is 23.1 Å². The van der Waals surface area contributed by atoms with Crippen molar-refractivity contribution in [2.75, 3.05) is 5.32 Å². The maximum Gasteiger partial charge on any atom is 0.228 e. The van der Waals surface area contributed by atoms with E-state index in [1.807, 2.05) is 89.6 Å². The lowest BCUT2D eigenvalue weighted by Gasteiger charge is -2.20. The molecule has 1 heterocycles. The number of nitrogens with one attached hydrogen (secondary N) is 1. The van der Waals surface area contributed by atoms with Crippen molar-refractivity contribution in [1.29, 1.82) is 0 Å². The molecule has 29 heavy (non-hydrogen) atoms. The molecule has 0 bridgehead atoms. The van der Waals surface area contributed by atoms with Gasteiger partial charge in [-0.2, -0.15) is 0 Å². The first-order chi connectivity index (χ1) is 14.2. The van der Waals surface area contributed by atoms with E-state index in [1.54, 1.807) is 12.5 Å². The molecule has 0 radical (unpaired) electrons. The smallest absolute Gasteiger partial charge is 0.228 e. The lowest BCUT2D eigenvalue weighted by atomic mass is 9.98. The summed E-state index contributed by atoms with van der Waals surface area (Å²) in [7, 11) is 0. The van der Waals surface area contributed by atoms with Gasteiger partial charge in [-0.15, -0.1) is 0 Å². The fraction of sp³-hybridized carbons (Fsp3) is 0.0833. The van der Waals surface area contributed by atoms with Crippen LogP contribution in [-0.4, -0.2) is 15.5 Å². The molecule has 0 aliphatic carbocycles. The lowest BCUT2D eigenvalue weighted by Crippen LogP contribution is -2.15. The summed E-state index contributed by atoms with van der Waals surface area (Å²) in [6, 6.07) is 25.4. The number of nitrogens with zero attached hydrogens (tertiary/aromatic N) is 2. The zero-order chi connectivity index (χ0) is 20.1. The third-order valence-electron chi connectivity index (χ3n) is 4.71. The molecule has 1 N–H and O–H groups in total. The number of imidazole rings is 1. The van der Waals surface area contributed by atoms with Crippen LogP contribution in [0.25, 0.3) is 0 Å². The highest BCUT2D eigenvalue weighted by atomic mass is 35.5. The predicted molar refractivity (Wildman–Crippen MR) is 116 cm³/mol. The summed E-state index contributed by atoms with van der Waals surface area (Å²) in [5.74, 6) is -0.0371. The van der Waals surface area contributed by atoms with Gasteiger partial charge in [-0.3, -0.25) is 4.79 Å². The largest absolute Gasteiger partial charge is 0.326 e. The molecule has 0 aliphatic heterocycles. The number of benzene rings is 3. The van der Waals surface area contributed by atoms with Gasteiger partial charge in [-0.25, -0.2) is 4.98 Å². The summed E-state index contributed by atoms with van der Waals surface area (Å²) in [6.45, 7) is 0. The van der Waals surface area contributed by atoms with E-state index in [-0.39, 0.29) is 11.9 Å². The minimum atomic E-state index is -0.0507. The van der Waals surface area contributed by atoms with Crippen LogP contribution in [0.15, 0.2) is 97.6 Å². The van der Waals surface area contributed by atoms with Gasteiger partial charge in [0.1, 0.15) is 0 Å². The maximum atomic E-state index is 12.3. The second-order valence-electron chi connectivity index (χ2n) is 6.80. The number of amides is 1. The number of anilines is 1. The van der Waals surface area contributed by atoms with Crippen molar-refractivity contribution < 1.29 is 4.79 Å². The molecule has 0 saturated carbocycles. The molecule has 1 atom stereocenters. The van der Waals surface area contributed by atoms with Crippen molar-refractivity contribution in [2.24, 2.45) is 0 Å². The molecule has 5 heteroatoms. The Morgan fingerprint density at radius 3 is 2.45 bits per heavy atom. The molecule has 3 aromatic carbocycles. The molecule has 4 aromatic rings. The molecule has 0 fully saturated rings. The van der Waals surface area contributed by atoms with Gasteiger partial charge in [0.05, 0.1) is 18.8 Å². The van der Waals surface area contributed by atoms with E-state index in [4.69, 9.17) is 11.6 Å². The minimum absolute atomic E-state index is 0.0371. The molecular weight excluding hydrogens is 382 g/mol. The number of aromatic nitrogens is 2. The van der Waals surface area contributed by atoms with E-state index in [2.05, 4.69) is 10.3 Å². The van der Waals surface area contributed by atoms with E-state index in [0.717, 1.165) is 22.4 Å². The van der Waals surface area contributed by atoms with Crippen molar-refractivity contribution in [1.82, 2.24) is 9.55 Å². The average Bonchev–Trinajstić information content (AvgIpc) is 3.25. The number of carbonyl (C=O) groups excluding carboxylic acids is 1. The summed E-state index contributed by atoms with van der Waals surface area (Å²) >= 11 is 6.21. The number of carbonyl (C=O) groups is 1. The second kappa shape index (κ2) is 8.76. The summed E-state index contributed by atoms with van der Waals surface area (Å²) in [4.78, 5) is 16.5. The standard InChI is InChI=1S/C24H20ClN3O/c25-21-8-4-7-20(16-21)24(28-14-13-26-17-28)19-9-11-22(12-10-19)27-23(29)15-18-5-2-1-3-6-18/h1-14,16-17,24H,15H2,(H,27,29). The molecular formula is C24H20ClN3O.